The van der Waals surface area contributed by atoms with E-state index in [-0.39, 0.29) is 30.1 Å². The summed E-state index contributed by atoms with van der Waals surface area (Å²) in [5.41, 5.74) is 4.50. The zero-order chi connectivity index (χ0) is 20.5. The lowest BCUT2D eigenvalue weighted by molar-refractivity contribution is -0.126. The molecule has 0 unspecified atom stereocenters. The van der Waals surface area contributed by atoms with E-state index in [1.165, 1.54) is 19.1 Å². The number of hydrogen-bond donors (Lipinski definition) is 2. The topological polar surface area (TPSA) is 107 Å². The number of hydrazine groups is 1. The molecule has 0 radical (unpaired) electrons. The van der Waals surface area contributed by atoms with E-state index in [4.69, 9.17) is 9.47 Å². The number of para-hydroxylation sites is 1. The molecule has 0 saturated carbocycles. The SMILES string of the molecule is COC[C@@H](C)n1c(COc2ccccc2F)nnc1SCC(=O)NNC(C)=O. The summed E-state index contributed by atoms with van der Waals surface area (Å²) in [5, 5.41) is 8.69. The van der Waals surface area contributed by atoms with Gasteiger partial charge in [-0.25, -0.2) is 4.39 Å². The molecular weight excluding hydrogens is 389 g/mol. The zero-order valence-corrected chi connectivity index (χ0v) is 16.6. The summed E-state index contributed by atoms with van der Waals surface area (Å²) in [5.74, 6) is -0.631. The Hall–Kier alpha value is -2.66. The van der Waals surface area contributed by atoms with Gasteiger partial charge in [0.15, 0.2) is 22.5 Å². The Morgan fingerprint density at radius 2 is 2.04 bits per heavy atom. The number of ether oxygens (including phenoxy) is 2. The van der Waals surface area contributed by atoms with Crippen LogP contribution in [0.15, 0.2) is 29.4 Å². The fourth-order valence-corrected chi connectivity index (χ4v) is 3.15. The molecule has 1 aromatic carbocycles. The molecule has 0 fully saturated rings. The number of thioether (sulfide) groups is 1. The van der Waals surface area contributed by atoms with E-state index >= 15 is 0 Å². The van der Waals surface area contributed by atoms with E-state index < -0.39 is 11.7 Å². The van der Waals surface area contributed by atoms with Crippen LogP contribution in [0.2, 0.25) is 0 Å². The minimum Gasteiger partial charge on any atom is -0.483 e. The summed E-state index contributed by atoms with van der Waals surface area (Å²) in [6, 6.07) is 5.94. The van der Waals surface area contributed by atoms with Crippen molar-refractivity contribution in [2.24, 2.45) is 0 Å². The standard InChI is InChI=1S/C17H22FN5O4S/c1-11(8-26-3)23-15(9-27-14-7-5-4-6-13(14)18)20-22-17(23)28-10-16(25)21-19-12(2)24/h4-7,11H,8-10H2,1-3H3,(H,19,24)(H,21,25)/t11-/m1/s1. The third-order valence-corrected chi connectivity index (χ3v) is 4.43. The molecule has 11 heteroatoms. The number of amides is 2. The summed E-state index contributed by atoms with van der Waals surface area (Å²) in [4.78, 5) is 22.6. The first-order valence-corrected chi connectivity index (χ1v) is 9.39. The number of rotatable bonds is 9. The van der Waals surface area contributed by atoms with Gasteiger partial charge in [0.25, 0.3) is 0 Å². The Kier molecular flexibility index (Phi) is 8.20. The van der Waals surface area contributed by atoms with Gasteiger partial charge in [0, 0.05) is 14.0 Å². The molecule has 1 aromatic heterocycles. The van der Waals surface area contributed by atoms with Gasteiger partial charge in [-0.05, 0) is 19.1 Å². The lowest BCUT2D eigenvalue weighted by atomic mass is 10.3. The Morgan fingerprint density at radius 1 is 1.29 bits per heavy atom. The highest BCUT2D eigenvalue weighted by atomic mass is 32.2. The third-order valence-electron chi connectivity index (χ3n) is 3.49. The number of nitrogens with one attached hydrogen (secondary N) is 2. The van der Waals surface area contributed by atoms with Crippen LogP contribution >= 0.6 is 11.8 Å². The summed E-state index contributed by atoms with van der Waals surface area (Å²) in [7, 11) is 1.57. The smallest absolute Gasteiger partial charge is 0.248 e. The quantitative estimate of drug-likeness (QED) is 0.475. The average Bonchev–Trinajstić information content (AvgIpc) is 3.07. The summed E-state index contributed by atoms with van der Waals surface area (Å²) < 4.78 is 26.2. The minimum atomic E-state index is -0.470. The molecule has 1 atom stereocenters. The number of carbonyl (C=O) groups is 2. The van der Waals surface area contributed by atoms with Crippen LogP contribution in [0.25, 0.3) is 0 Å². The van der Waals surface area contributed by atoms with Crippen molar-refractivity contribution in [1.82, 2.24) is 25.6 Å². The zero-order valence-electron chi connectivity index (χ0n) is 15.8. The van der Waals surface area contributed by atoms with Crippen molar-refractivity contribution in [3.8, 4) is 5.75 Å². The van der Waals surface area contributed by atoms with E-state index in [9.17, 15) is 14.0 Å². The predicted octanol–water partition coefficient (Wildman–Crippen LogP) is 1.46. The van der Waals surface area contributed by atoms with Crippen molar-refractivity contribution < 1.29 is 23.5 Å². The fourth-order valence-electron chi connectivity index (χ4n) is 2.29. The van der Waals surface area contributed by atoms with Crippen molar-refractivity contribution in [2.45, 2.75) is 31.7 Å². The average molecular weight is 411 g/mol. The molecule has 0 spiro atoms. The van der Waals surface area contributed by atoms with Crippen LogP contribution in [0.4, 0.5) is 4.39 Å². The Balaban J connectivity index is 2.09. The van der Waals surface area contributed by atoms with Gasteiger partial charge in [-0.2, -0.15) is 0 Å². The Bertz CT molecular complexity index is 817. The van der Waals surface area contributed by atoms with Gasteiger partial charge in [0.1, 0.15) is 6.61 Å². The first-order chi connectivity index (χ1) is 13.4. The maximum absolute atomic E-state index is 13.8. The van der Waals surface area contributed by atoms with Crippen molar-refractivity contribution >= 4 is 23.6 Å². The van der Waals surface area contributed by atoms with Crippen molar-refractivity contribution in [2.75, 3.05) is 19.5 Å². The summed E-state index contributed by atoms with van der Waals surface area (Å²) in [6.45, 7) is 3.58. The largest absolute Gasteiger partial charge is 0.483 e. The van der Waals surface area contributed by atoms with Crippen LogP contribution in [-0.2, 0) is 20.9 Å². The number of aromatic nitrogens is 3. The Morgan fingerprint density at radius 3 is 2.71 bits per heavy atom. The molecule has 2 aromatic rings. The number of nitrogens with zero attached hydrogens (tertiary/aromatic N) is 3. The van der Waals surface area contributed by atoms with E-state index in [0.29, 0.717) is 17.6 Å². The molecule has 0 aliphatic heterocycles. The third kappa shape index (κ3) is 6.20. The van der Waals surface area contributed by atoms with E-state index in [1.54, 1.807) is 23.8 Å². The van der Waals surface area contributed by atoms with Crippen molar-refractivity contribution in [3.63, 3.8) is 0 Å². The van der Waals surface area contributed by atoms with Gasteiger partial charge >= 0.3 is 0 Å². The van der Waals surface area contributed by atoms with Crippen LogP contribution in [0.1, 0.15) is 25.7 Å². The van der Waals surface area contributed by atoms with Gasteiger partial charge < -0.3 is 9.47 Å². The molecule has 9 nitrogen and oxygen atoms in total. The van der Waals surface area contributed by atoms with E-state index in [1.807, 2.05) is 6.92 Å². The van der Waals surface area contributed by atoms with Gasteiger partial charge in [-0.1, -0.05) is 23.9 Å². The number of benzene rings is 1. The normalized spacial score (nSPS) is 11.7. The lowest BCUT2D eigenvalue weighted by Gasteiger charge is -2.17. The molecule has 0 aliphatic rings. The van der Waals surface area contributed by atoms with Crippen LogP contribution in [0.5, 0.6) is 5.75 Å². The highest BCUT2D eigenvalue weighted by molar-refractivity contribution is 7.99. The summed E-state index contributed by atoms with van der Waals surface area (Å²) >= 11 is 1.15. The Labute approximate surface area is 166 Å². The minimum absolute atomic E-state index is 0.000631. The van der Waals surface area contributed by atoms with Crippen molar-refractivity contribution in [3.05, 3.63) is 35.9 Å². The second-order valence-electron chi connectivity index (χ2n) is 5.81. The van der Waals surface area contributed by atoms with Gasteiger partial charge in [0.2, 0.25) is 11.8 Å². The molecule has 2 amide bonds. The predicted molar refractivity (Wildman–Crippen MR) is 100 cm³/mol. The molecule has 1 heterocycles. The second kappa shape index (κ2) is 10.6. The monoisotopic (exact) mass is 411 g/mol. The van der Waals surface area contributed by atoms with Crippen LogP contribution in [0, 0.1) is 5.82 Å². The molecule has 28 heavy (non-hydrogen) atoms. The summed E-state index contributed by atoms with van der Waals surface area (Å²) in [6.07, 6.45) is 0. The van der Waals surface area contributed by atoms with Crippen LogP contribution in [0.3, 0.4) is 0 Å². The molecule has 2 N–H and O–H groups in total. The highest BCUT2D eigenvalue weighted by Gasteiger charge is 2.20. The number of carbonyl (C=O) groups excluding carboxylic acids is 2. The second-order valence-corrected chi connectivity index (χ2v) is 6.75. The lowest BCUT2D eigenvalue weighted by Crippen LogP contribution is -2.41. The first-order valence-electron chi connectivity index (χ1n) is 8.40. The maximum atomic E-state index is 13.8. The number of methoxy groups -OCH3 is 1. The van der Waals surface area contributed by atoms with Crippen LogP contribution in [-0.4, -0.2) is 46.0 Å². The van der Waals surface area contributed by atoms with E-state index in [0.717, 1.165) is 11.8 Å². The van der Waals surface area contributed by atoms with Crippen molar-refractivity contribution in [1.29, 1.82) is 0 Å². The van der Waals surface area contributed by atoms with Gasteiger partial charge in [-0.15, -0.1) is 10.2 Å². The fraction of sp³-hybridized carbons (Fsp3) is 0.412. The first kappa shape index (κ1) is 21.6. The maximum Gasteiger partial charge on any atom is 0.248 e. The molecule has 152 valence electrons. The molecule has 0 saturated heterocycles. The highest BCUT2D eigenvalue weighted by Crippen LogP contribution is 2.23. The van der Waals surface area contributed by atoms with E-state index in [2.05, 4.69) is 21.0 Å². The van der Waals surface area contributed by atoms with Gasteiger partial charge in [0.05, 0.1) is 18.4 Å². The molecule has 0 bridgehead atoms. The molecular formula is C17H22FN5O4S. The van der Waals surface area contributed by atoms with Gasteiger partial charge in [-0.3, -0.25) is 25.0 Å². The number of halogens is 1. The number of hydrogen-bond acceptors (Lipinski definition) is 7. The molecule has 2 rings (SSSR count). The van der Waals surface area contributed by atoms with Crippen LogP contribution < -0.4 is 15.6 Å². The molecule has 0 aliphatic carbocycles.